The predicted molar refractivity (Wildman–Crippen MR) is 123 cm³/mol. The molecule has 2 aromatic carbocycles. The van der Waals surface area contributed by atoms with Gasteiger partial charge in [0.1, 0.15) is 0 Å². The molecule has 0 unspecified atom stereocenters. The van der Waals surface area contributed by atoms with Crippen molar-refractivity contribution in [2.75, 3.05) is 29.1 Å². The topological polar surface area (TPSA) is 63.1 Å². The van der Waals surface area contributed by atoms with Crippen LogP contribution in [-0.2, 0) is 11.8 Å². The Balaban J connectivity index is 1.32. The molecule has 1 aliphatic rings. The zero-order valence-electron chi connectivity index (χ0n) is 16.8. The van der Waals surface area contributed by atoms with Crippen molar-refractivity contribution in [3.05, 3.63) is 53.6 Å². The van der Waals surface area contributed by atoms with Crippen LogP contribution in [0.1, 0.15) is 19.3 Å². The van der Waals surface area contributed by atoms with Crippen molar-refractivity contribution >= 4 is 40.6 Å². The summed E-state index contributed by atoms with van der Waals surface area (Å²) in [5.41, 5.74) is 2.96. The molecule has 1 fully saturated rings. The molecule has 0 spiro atoms. The fraction of sp³-hybridized carbons (Fsp3) is 0.318. The summed E-state index contributed by atoms with van der Waals surface area (Å²) >= 11 is 7.31. The number of hydrogen-bond acceptors (Lipinski definition) is 5. The molecule has 0 radical (unpaired) electrons. The van der Waals surface area contributed by atoms with Crippen molar-refractivity contribution in [1.29, 1.82) is 0 Å². The molecule has 156 valence electrons. The number of hydrogen-bond donors (Lipinski definition) is 1. The van der Waals surface area contributed by atoms with E-state index >= 15 is 0 Å². The molecular formula is C22H24ClN5OS. The lowest BCUT2D eigenvalue weighted by Crippen LogP contribution is -2.29. The van der Waals surface area contributed by atoms with Crippen LogP contribution < -0.4 is 10.2 Å². The van der Waals surface area contributed by atoms with Gasteiger partial charge in [-0.1, -0.05) is 23.4 Å². The van der Waals surface area contributed by atoms with Gasteiger partial charge in [-0.3, -0.25) is 4.79 Å². The summed E-state index contributed by atoms with van der Waals surface area (Å²) in [6, 6.07) is 15.5. The highest BCUT2D eigenvalue weighted by Gasteiger charge is 2.14. The highest BCUT2D eigenvalue weighted by molar-refractivity contribution is 7.99. The summed E-state index contributed by atoms with van der Waals surface area (Å²) in [5.74, 6) is 0.935. The molecular weight excluding hydrogens is 418 g/mol. The van der Waals surface area contributed by atoms with E-state index in [1.165, 1.54) is 36.7 Å². The summed E-state index contributed by atoms with van der Waals surface area (Å²) in [5, 5.41) is 12.8. The van der Waals surface area contributed by atoms with Crippen molar-refractivity contribution in [2.45, 2.75) is 24.4 Å². The molecule has 0 saturated carbocycles. The van der Waals surface area contributed by atoms with E-state index in [0.717, 1.165) is 30.2 Å². The van der Waals surface area contributed by atoms with Crippen molar-refractivity contribution in [3.63, 3.8) is 0 Å². The maximum absolute atomic E-state index is 12.4. The lowest BCUT2D eigenvalue weighted by Gasteiger charge is -2.28. The monoisotopic (exact) mass is 441 g/mol. The van der Waals surface area contributed by atoms with Gasteiger partial charge in [0.25, 0.3) is 0 Å². The number of nitrogens with one attached hydrogen (secondary N) is 1. The molecule has 0 aliphatic carbocycles. The number of anilines is 2. The van der Waals surface area contributed by atoms with Gasteiger partial charge in [0.15, 0.2) is 11.0 Å². The summed E-state index contributed by atoms with van der Waals surface area (Å²) in [6.07, 6.45) is 3.81. The van der Waals surface area contributed by atoms with Gasteiger partial charge in [0.05, 0.1) is 5.75 Å². The van der Waals surface area contributed by atoms with Crippen molar-refractivity contribution in [1.82, 2.24) is 14.8 Å². The first-order valence-corrected chi connectivity index (χ1v) is 11.4. The van der Waals surface area contributed by atoms with Crippen LogP contribution in [0.4, 0.5) is 11.4 Å². The van der Waals surface area contributed by atoms with Crippen LogP contribution in [-0.4, -0.2) is 39.5 Å². The largest absolute Gasteiger partial charge is 0.372 e. The Hall–Kier alpha value is -2.51. The van der Waals surface area contributed by atoms with E-state index in [0.29, 0.717) is 10.2 Å². The number of aromatic nitrogens is 3. The van der Waals surface area contributed by atoms with E-state index in [1.807, 2.05) is 48.0 Å². The van der Waals surface area contributed by atoms with Crippen molar-refractivity contribution < 1.29 is 4.79 Å². The number of nitrogens with zero attached hydrogens (tertiary/aromatic N) is 4. The average Bonchev–Trinajstić information content (AvgIpc) is 3.14. The second kappa shape index (κ2) is 9.53. The first kappa shape index (κ1) is 20.8. The molecule has 1 amide bonds. The summed E-state index contributed by atoms with van der Waals surface area (Å²) in [4.78, 5) is 14.8. The fourth-order valence-electron chi connectivity index (χ4n) is 3.53. The third-order valence-electron chi connectivity index (χ3n) is 5.14. The SMILES string of the molecule is Cn1c(SCC(=O)Nc2ccc(N3CCCCC3)cc2)nnc1-c1ccc(Cl)cc1. The molecule has 6 nitrogen and oxygen atoms in total. The van der Waals surface area contributed by atoms with Crippen molar-refractivity contribution in [2.24, 2.45) is 7.05 Å². The zero-order chi connectivity index (χ0) is 20.9. The van der Waals surface area contributed by atoms with Gasteiger partial charge >= 0.3 is 0 Å². The molecule has 30 heavy (non-hydrogen) atoms. The van der Waals surface area contributed by atoms with Crippen LogP contribution in [0.2, 0.25) is 5.02 Å². The quantitative estimate of drug-likeness (QED) is 0.553. The number of rotatable bonds is 6. The van der Waals surface area contributed by atoms with Crippen LogP contribution in [0, 0.1) is 0 Å². The Morgan fingerprint density at radius 3 is 2.43 bits per heavy atom. The van der Waals surface area contributed by atoms with Crippen molar-refractivity contribution in [3.8, 4) is 11.4 Å². The van der Waals surface area contributed by atoms with E-state index in [9.17, 15) is 4.79 Å². The number of carbonyl (C=O) groups is 1. The van der Waals surface area contributed by atoms with E-state index in [2.05, 4.69) is 32.5 Å². The van der Waals surface area contributed by atoms with Crippen LogP contribution in [0.15, 0.2) is 53.7 Å². The Bertz CT molecular complexity index is 997. The van der Waals surface area contributed by atoms with E-state index < -0.39 is 0 Å². The van der Waals surface area contributed by atoms with Gasteiger partial charge in [0.2, 0.25) is 5.91 Å². The Morgan fingerprint density at radius 1 is 1.03 bits per heavy atom. The third kappa shape index (κ3) is 4.96. The normalized spacial score (nSPS) is 14.0. The number of thioether (sulfide) groups is 1. The van der Waals surface area contributed by atoms with Crippen LogP contribution in [0.25, 0.3) is 11.4 Å². The molecule has 8 heteroatoms. The van der Waals surface area contributed by atoms with E-state index in [-0.39, 0.29) is 11.7 Å². The minimum absolute atomic E-state index is 0.0678. The van der Waals surface area contributed by atoms with Gasteiger partial charge in [-0.05, 0) is 67.8 Å². The molecule has 1 aromatic heterocycles. The molecule has 4 rings (SSSR count). The molecule has 1 N–H and O–H groups in total. The molecule has 0 atom stereocenters. The van der Waals surface area contributed by atoms with Gasteiger partial charge in [0, 0.05) is 42.1 Å². The minimum Gasteiger partial charge on any atom is -0.372 e. The van der Waals surface area contributed by atoms with Gasteiger partial charge in [-0.15, -0.1) is 10.2 Å². The summed E-state index contributed by atoms with van der Waals surface area (Å²) in [7, 11) is 1.89. The van der Waals surface area contributed by atoms with Gasteiger partial charge < -0.3 is 14.8 Å². The molecule has 1 saturated heterocycles. The molecule has 0 bridgehead atoms. The van der Waals surface area contributed by atoms with Gasteiger partial charge in [-0.2, -0.15) is 0 Å². The first-order chi connectivity index (χ1) is 14.6. The Labute approximate surface area is 185 Å². The highest BCUT2D eigenvalue weighted by atomic mass is 35.5. The second-order valence-electron chi connectivity index (χ2n) is 7.30. The average molecular weight is 442 g/mol. The highest BCUT2D eigenvalue weighted by Crippen LogP contribution is 2.25. The second-order valence-corrected chi connectivity index (χ2v) is 8.68. The fourth-order valence-corrected chi connectivity index (χ4v) is 4.36. The molecule has 1 aliphatic heterocycles. The summed E-state index contributed by atoms with van der Waals surface area (Å²) in [6.45, 7) is 2.22. The zero-order valence-corrected chi connectivity index (χ0v) is 18.4. The summed E-state index contributed by atoms with van der Waals surface area (Å²) < 4.78 is 1.88. The van der Waals surface area contributed by atoms with Crippen LogP contribution in [0.5, 0.6) is 0 Å². The predicted octanol–water partition coefficient (Wildman–Crippen LogP) is 4.86. The third-order valence-corrected chi connectivity index (χ3v) is 6.41. The smallest absolute Gasteiger partial charge is 0.234 e. The number of halogens is 1. The maximum atomic E-state index is 12.4. The maximum Gasteiger partial charge on any atom is 0.234 e. The number of benzene rings is 2. The number of amides is 1. The number of carbonyl (C=O) groups excluding carboxylic acids is 1. The standard InChI is InChI=1S/C22H24ClN5OS/c1-27-21(16-5-7-17(23)8-6-16)25-26-22(27)30-15-20(29)24-18-9-11-19(12-10-18)28-13-3-2-4-14-28/h5-12H,2-4,13-15H2,1H3,(H,24,29). The minimum atomic E-state index is -0.0678. The molecule has 2 heterocycles. The lowest BCUT2D eigenvalue weighted by molar-refractivity contribution is -0.113. The first-order valence-electron chi connectivity index (χ1n) is 10.0. The molecule has 3 aromatic rings. The van der Waals surface area contributed by atoms with Gasteiger partial charge in [-0.25, -0.2) is 0 Å². The van der Waals surface area contributed by atoms with E-state index in [1.54, 1.807) is 0 Å². The van der Waals surface area contributed by atoms with Crippen LogP contribution in [0.3, 0.4) is 0 Å². The Kier molecular flexibility index (Phi) is 6.59. The lowest BCUT2D eigenvalue weighted by atomic mass is 10.1. The Morgan fingerprint density at radius 2 is 1.73 bits per heavy atom. The number of piperidine rings is 1. The van der Waals surface area contributed by atoms with Crippen LogP contribution >= 0.6 is 23.4 Å². The van der Waals surface area contributed by atoms with E-state index in [4.69, 9.17) is 11.6 Å².